The lowest BCUT2D eigenvalue weighted by Crippen LogP contribution is -2.38. The monoisotopic (exact) mass is 453 g/mol. The van der Waals surface area contributed by atoms with Gasteiger partial charge in [-0.2, -0.15) is 9.40 Å². The van der Waals surface area contributed by atoms with Crippen LogP contribution in [0.3, 0.4) is 0 Å². The Morgan fingerprint density at radius 3 is 2.55 bits per heavy atom. The standard InChI is InChI=1S/C19H27N5O6S/c1-4-22-18(20-23(19(22)25)11-12-30-3)15-7-9-21(10-8-15)31(28,29)17-13-16(24(26)27)6-5-14(17)2/h5-6,13,15H,4,7-12H2,1-3H3. The van der Waals surface area contributed by atoms with Crippen LogP contribution in [0.4, 0.5) is 5.69 Å². The van der Waals surface area contributed by atoms with Crippen molar-refractivity contribution in [2.75, 3.05) is 26.8 Å². The molecule has 0 unspecified atom stereocenters. The van der Waals surface area contributed by atoms with E-state index in [1.807, 2.05) is 6.92 Å². The van der Waals surface area contributed by atoms with Crippen LogP contribution < -0.4 is 5.69 Å². The van der Waals surface area contributed by atoms with Gasteiger partial charge in [0.15, 0.2) is 0 Å². The van der Waals surface area contributed by atoms with E-state index in [4.69, 9.17) is 4.74 Å². The Labute approximate surface area is 180 Å². The van der Waals surface area contributed by atoms with Crippen molar-refractivity contribution in [1.29, 1.82) is 0 Å². The number of rotatable bonds is 8. The van der Waals surface area contributed by atoms with Gasteiger partial charge >= 0.3 is 5.69 Å². The maximum atomic E-state index is 13.1. The fourth-order valence-electron chi connectivity index (χ4n) is 3.85. The highest BCUT2D eigenvalue weighted by molar-refractivity contribution is 7.89. The molecule has 31 heavy (non-hydrogen) atoms. The zero-order valence-corrected chi connectivity index (χ0v) is 18.7. The third-order valence-corrected chi connectivity index (χ3v) is 7.63. The van der Waals surface area contributed by atoms with E-state index in [1.54, 1.807) is 18.6 Å². The average Bonchev–Trinajstić information content (AvgIpc) is 3.07. The minimum Gasteiger partial charge on any atom is -0.383 e. The van der Waals surface area contributed by atoms with Crippen LogP contribution >= 0.6 is 0 Å². The summed E-state index contributed by atoms with van der Waals surface area (Å²) in [5, 5.41) is 15.6. The van der Waals surface area contributed by atoms with Crippen molar-refractivity contribution in [2.24, 2.45) is 0 Å². The summed E-state index contributed by atoms with van der Waals surface area (Å²) >= 11 is 0. The van der Waals surface area contributed by atoms with Gasteiger partial charge in [-0.3, -0.25) is 14.7 Å². The molecular weight excluding hydrogens is 426 g/mol. The number of aromatic nitrogens is 3. The molecule has 1 aliphatic heterocycles. The lowest BCUT2D eigenvalue weighted by molar-refractivity contribution is -0.385. The summed E-state index contributed by atoms with van der Waals surface area (Å²) in [6.45, 7) is 5.20. The SMILES string of the molecule is CCn1c(C2CCN(S(=O)(=O)c3cc([N+](=O)[O-])ccc3C)CC2)nn(CCOC)c1=O. The molecule has 1 saturated heterocycles. The molecule has 3 rings (SSSR count). The second-order valence-electron chi connectivity index (χ2n) is 7.49. The molecule has 1 aromatic heterocycles. The number of nitro benzene ring substituents is 1. The number of piperidine rings is 1. The number of sulfonamides is 1. The van der Waals surface area contributed by atoms with Crippen molar-refractivity contribution in [3.05, 3.63) is 50.2 Å². The first kappa shape index (κ1) is 23.1. The van der Waals surface area contributed by atoms with Crippen LogP contribution in [-0.2, 0) is 27.8 Å². The smallest absolute Gasteiger partial charge is 0.345 e. The molecule has 0 saturated carbocycles. The summed E-state index contributed by atoms with van der Waals surface area (Å²) < 4.78 is 35.7. The lowest BCUT2D eigenvalue weighted by atomic mass is 9.97. The average molecular weight is 454 g/mol. The summed E-state index contributed by atoms with van der Waals surface area (Å²) in [6.07, 6.45) is 1.02. The number of benzene rings is 1. The largest absolute Gasteiger partial charge is 0.383 e. The minimum absolute atomic E-state index is 0.0468. The second-order valence-corrected chi connectivity index (χ2v) is 9.39. The molecule has 0 amide bonds. The summed E-state index contributed by atoms with van der Waals surface area (Å²) in [5.41, 5.74) is 0.00822. The van der Waals surface area contributed by atoms with Crippen molar-refractivity contribution < 1.29 is 18.1 Å². The van der Waals surface area contributed by atoms with Crippen molar-refractivity contribution in [3.8, 4) is 0 Å². The molecule has 12 heteroatoms. The van der Waals surface area contributed by atoms with Crippen LogP contribution in [0, 0.1) is 17.0 Å². The van der Waals surface area contributed by atoms with E-state index >= 15 is 0 Å². The normalized spacial score (nSPS) is 16.0. The van der Waals surface area contributed by atoms with E-state index in [2.05, 4.69) is 5.10 Å². The molecule has 0 aliphatic carbocycles. The Hall–Kier alpha value is -2.57. The fourth-order valence-corrected chi connectivity index (χ4v) is 5.57. The van der Waals surface area contributed by atoms with Gasteiger partial charge in [0.2, 0.25) is 10.0 Å². The number of nitro groups is 1. The van der Waals surface area contributed by atoms with Gasteiger partial charge in [0.25, 0.3) is 5.69 Å². The first-order valence-electron chi connectivity index (χ1n) is 10.1. The van der Waals surface area contributed by atoms with Crippen molar-refractivity contribution in [3.63, 3.8) is 0 Å². The Kier molecular flexibility index (Phi) is 6.92. The maximum Gasteiger partial charge on any atom is 0.345 e. The summed E-state index contributed by atoms with van der Waals surface area (Å²) in [6, 6.07) is 3.86. The highest BCUT2D eigenvalue weighted by Gasteiger charge is 2.34. The van der Waals surface area contributed by atoms with Crippen molar-refractivity contribution in [1.82, 2.24) is 18.7 Å². The summed E-state index contributed by atoms with van der Waals surface area (Å²) in [5.74, 6) is 0.612. The van der Waals surface area contributed by atoms with Gasteiger partial charge in [0.1, 0.15) is 5.82 Å². The molecule has 1 aromatic carbocycles. The van der Waals surface area contributed by atoms with E-state index in [9.17, 15) is 23.3 Å². The lowest BCUT2D eigenvalue weighted by Gasteiger charge is -2.31. The van der Waals surface area contributed by atoms with Crippen molar-refractivity contribution in [2.45, 2.75) is 50.6 Å². The predicted molar refractivity (Wildman–Crippen MR) is 113 cm³/mol. The number of non-ortho nitro benzene ring substituents is 1. The molecule has 1 fully saturated rings. The Balaban J connectivity index is 1.80. The number of nitrogens with zero attached hydrogens (tertiary/aromatic N) is 5. The Morgan fingerprint density at radius 1 is 1.29 bits per heavy atom. The quantitative estimate of drug-likeness (QED) is 0.437. The van der Waals surface area contributed by atoms with E-state index in [0.717, 1.165) is 6.07 Å². The number of ether oxygens (including phenoxy) is 1. The van der Waals surface area contributed by atoms with E-state index in [-0.39, 0.29) is 35.3 Å². The first-order chi connectivity index (χ1) is 14.7. The molecule has 1 aliphatic rings. The topological polar surface area (TPSA) is 130 Å². The first-order valence-corrected chi connectivity index (χ1v) is 11.6. The molecular formula is C19H27N5O6S. The summed E-state index contributed by atoms with van der Waals surface area (Å²) in [4.78, 5) is 23.0. The van der Waals surface area contributed by atoms with E-state index in [0.29, 0.717) is 43.9 Å². The van der Waals surface area contributed by atoms with Crippen LogP contribution in [-0.4, -0.2) is 58.8 Å². The fraction of sp³-hybridized carbons (Fsp3) is 0.579. The third kappa shape index (κ3) is 4.55. The molecule has 0 atom stereocenters. The van der Waals surface area contributed by atoms with Gasteiger partial charge < -0.3 is 4.74 Å². The van der Waals surface area contributed by atoms with Gasteiger partial charge in [0.05, 0.1) is 23.0 Å². The molecule has 170 valence electrons. The van der Waals surface area contributed by atoms with Gasteiger partial charge in [-0.05, 0) is 32.3 Å². The number of hydrogen-bond donors (Lipinski definition) is 0. The van der Waals surface area contributed by atoms with Crippen LogP contribution in [0.15, 0.2) is 27.9 Å². The zero-order chi connectivity index (χ0) is 22.8. The molecule has 0 N–H and O–H groups in total. The minimum atomic E-state index is -3.87. The highest BCUT2D eigenvalue weighted by atomic mass is 32.2. The molecule has 2 aromatic rings. The Morgan fingerprint density at radius 2 is 1.97 bits per heavy atom. The van der Waals surface area contributed by atoms with Gasteiger partial charge in [-0.15, -0.1) is 0 Å². The van der Waals surface area contributed by atoms with Gasteiger partial charge in [-0.1, -0.05) is 6.07 Å². The third-order valence-electron chi connectivity index (χ3n) is 5.59. The second kappa shape index (κ2) is 9.28. The van der Waals surface area contributed by atoms with Crippen LogP contribution in [0.25, 0.3) is 0 Å². The molecule has 2 heterocycles. The maximum absolute atomic E-state index is 13.1. The van der Waals surface area contributed by atoms with Crippen LogP contribution in [0.2, 0.25) is 0 Å². The Bertz CT molecular complexity index is 1120. The summed E-state index contributed by atoms with van der Waals surface area (Å²) in [7, 11) is -2.31. The van der Waals surface area contributed by atoms with E-state index in [1.165, 1.54) is 21.1 Å². The predicted octanol–water partition coefficient (Wildman–Crippen LogP) is 1.50. The molecule has 0 radical (unpaired) electrons. The van der Waals surface area contributed by atoms with Gasteiger partial charge in [-0.25, -0.2) is 17.9 Å². The van der Waals surface area contributed by atoms with E-state index < -0.39 is 14.9 Å². The number of hydrogen-bond acceptors (Lipinski definition) is 7. The van der Waals surface area contributed by atoms with Crippen LogP contribution in [0.1, 0.15) is 37.1 Å². The highest BCUT2D eigenvalue weighted by Crippen LogP contribution is 2.31. The van der Waals surface area contributed by atoms with Crippen LogP contribution in [0.5, 0.6) is 0 Å². The van der Waals surface area contributed by atoms with Crippen molar-refractivity contribution >= 4 is 15.7 Å². The van der Waals surface area contributed by atoms with Gasteiger partial charge in [0, 0.05) is 44.8 Å². The molecule has 0 spiro atoms. The number of aryl methyl sites for hydroxylation is 1. The molecule has 11 nitrogen and oxygen atoms in total. The number of methoxy groups -OCH3 is 1. The zero-order valence-electron chi connectivity index (χ0n) is 17.9. The molecule has 0 bridgehead atoms.